The summed E-state index contributed by atoms with van der Waals surface area (Å²) < 4.78 is 0. The Hall–Kier alpha value is -1.53. The second-order valence-electron chi connectivity index (χ2n) is 5.41. The topological polar surface area (TPSA) is 39.1 Å². The zero-order valence-corrected chi connectivity index (χ0v) is 12.6. The van der Waals surface area contributed by atoms with Gasteiger partial charge in [0, 0.05) is 24.3 Å². The van der Waals surface area contributed by atoms with Gasteiger partial charge in [0.15, 0.2) is 0 Å². The van der Waals surface area contributed by atoms with Gasteiger partial charge in [-0.3, -0.25) is 0 Å². The molecule has 1 aliphatic rings. The van der Waals surface area contributed by atoms with E-state index in [1.807, 2.05) is 0 Å². The van der Waals surface area contributed by atoms with Crippen LogP contribution in [0.25, 0.3) is 0 Å². The Labute approximate surface area is 122 Å². The van der Waals surface area contributed by atoms with Crippen LogP contribution in [0.3, 0.4) is 0 Å². The Kier molecular flexibility index (Phi) is 5.43. The summed E-state index contributed by atoms with van der Waals surface area (Å²) in [7, 11) is 0. The van der Waals surface area contributed by atoms with Gasteiger partial charge >= 0.3 is 0 Å². The molecule has 0 aliphatic heterocycles. The Balaban J connectivity index is 2.26. The van der Waals surface area contributed by atoms with Gasteiger partial charge in [-0.15, -0.1) is 0 Å². The van der Waals surface area contributed by atoms with Gasteiger partial charge < -0.3 is 10.2 Å². The van der Waals surface area contributed by atoms with Crippen molar-refractivity contribution in [2.45, 2.75) is 51.6 Å². The average Bonchev–Trinajstić information content (AvgIpc) is 3.31. The number of benzene rings is 1. The van der Waals surface area contributed by atoms with Gasteiger partial charge in [0.05, 0.1) is 12.5 Å². The maximum absolute atomic E-state index is 8.88. The van der Waals surface area contributed by atoms with Crippen LogP contribution in [0.2, 0.25) is 0 Å². The van der Waals surface area contributed by atoms with Gasteiger partial charge in [-0.05, 0) is 37.4 Å². The van der Waals surface area contributed by atoms with Crippen LogP contribution in [0, 0.1) is 11.3 Å². The van der Waals surface area contributed by atoms with E-state index in [2.05, 4.69) is 54.4 Å². The first-order valence-electron chi connectivity index (χ1n) is 7.77. The molecule has 1 aromatic carbocycles. The third-order valence-corrected chi connectivity index (χ3v) is 3.93. The van der Waals surface area contributed by atoms with Crippen LogP contribution in [0.4, 0.5) is 5.69 Å². The Morgan fingerprint density at radius 3 is 2.70 bits per heavy atom. The summed E-state index contributed by atoms with van der Waals surface area (Å²) in [5.41, 5.74) is 2.69. The summed E-state index contributed by atoms with van der Waals surface area (Å²) in [4.78, 5) is 2.44. The molecular weight excluding hydrogens is 246 g/mol. The quantitative estimate of drug-likeness (QED) is 0.784. The summed E-state index contributed by atoms with van der Waals surface area (Å²) in [6.07, 6.45) is 4.21. The summed E-state index contributed by atoms with van der Waals surface area (Å²) in [6.45, 7) is 6.20. The van der Waals surface area contributed by atoms with Gasteiger partial charge in [-0.1, -0.05) is 32.0 Å². The number of rotatable bonds is 8. The lowest BCUT2D eigenvalue weighted by Gasteiger charge is -2.29. The molecule has 1 N–H and O–H groups in total. The molecule has 1 atom stereocenters. The second-order valence-corrected chi connectivity index (χ2v) is 5.41. The number of anilines is 1. The molecule has 0 heterocycles. The molecule has 1 aromatic rings. The van der Waals surface area contributed by atoms with Crippen LogP contribution < -0.4 is 10.2 Å². The third kappa shape index (κ3) is 3.52. The van der Waals surface area contributed by atoms with Gasteiger partial charge in [-0.25, -0.2) is 0 Å². The fraction of sp³-hybridized carbons (Fsp3) is 0.588. The van der Waals surface area contributed by atoms with E-state index in [-0.39, 0.29) is 0 Å². The monoisotopic (exact) mass is 271 g/mol. The van der Waals surface area contributed by atoms with Crippen LogP contribution in [-0.2, 0) is 0 Å². The lowest BCUT2D eigenvalue weighted by atomic mass is 10.0. The molecular formula is C17H25N3. The number of para-hydroxylation sites is 1. The van der Waals surface area contributed by atoms with Crippen LogP contribution in [-0.4, -0.2) is 19.1 Å². The largest absolute Gasteiger partial charge is 0.367 e. The zero-order valence-electron chi connectivity index (χ0n) is 12.6. The van der Waals surface area contributed by atoms with Crippen molar-refractivity contribution in [3.63, 3.8) is 0 Å². The molecule has 0 aromatic heterocycles. The molecule has 3 heteroatoms. The van der Waals surface area contributed by atoms with Gasteiger partial charge in [0.25, 0.3) is 0 Å². The van der Waals surface area contributed by atoms with E-state index in [9.17, 15) is 0 Å². The minimum atomic E-state index is 0.402. The Morgan fingerprint density at radius 2 is 2.10 bits per heavy atom. The van der Waals surface area contributed by atoms with E-state index >= 15 is 0 Å². The molecule has 1 unspecified atom stereocenters. The molecule has 1 saturated carbocycles. The van der Waals surface area contributed by atoms with E-state index in [0.717, 1.165) is 19.5 Å². The molecule has 20 heavy (non-hydrogen) atoms. The highest BCUT2D eigenvalue weighted by atomic mass is 15.2. The average molecular weight is 271 g/mol. The van der Waals surface area contributed by atoms with Crippen LogP contribution in [0.15, 0.2) is 24.3 Å². The first-order chi connectivity index (χ1) is 9.81. The molecule has 0 spiro atoms. The van der Waals surface area contributed by atoms with Gasteiger partial charge in [-0.2, -0.15) is 5.26 Å². The van der Waals surface area contributed by atoms with Crippen LogP contribution in [0.1, 0.15) is 51.1 Å². The normalized spacial score (nSPS) is 15.7. The minimum absolute atomic E-state index is 0.402. The number of nitrogens with zero attached hydrogens (tertiary/aromatic N) is 2. The summed E-state index contributed by atoms with van der Waals surface area (Å²) in [6, 6.07) is 12.0. The van der Waals surface area contributed by atoms with Crippen molar-refractivity contribution in [3.8, 4) is 6.07 Å². The number of nitrogens with one attached hydrogen (secondary N) is 1. The molecule has 3 nitrogen and oxygen atoms in total. The Bertz CT molecular complexity index is 460. The van der Waals surface area contributed by atoms with Gasteiger partial charge in [0.1, 0.15) is 0 Å². The fourth-order valence-electron chi connectivity index (χ4n) is 2.82. The lowest BCUT2D eigenvalue weighted by molar-refractivity contribution is 0.536. The van der Waals surface area contributed by atoms with Crippen LogP contribution in [0.5, 0.6) is 0 Å². The molecule has 1 fully saturated rings. The van der Waals surface area contributed by atoms with Crippen molar-refractivity contribution in [2.24, 2.45) is 0 Å². The molecule has 0 radical (unpaired) electrons. The van der Waals surface area contributed by atoms with Crippen molar-refractivity contribution in [1.82, 2.24) is 5.32 Å². The SMILES string of the molecule is CCNC(CC)c1ccccc1N(CCC#N)C1CC1. The van der Waals surface area contributed by atoms with E-state index in [1.54, 1.807) is 0 Å². The maximum atomic E-state index is 8.88. The first-order valence-corrected chi connectivity index (χ1v) is 7.77. The van der Waals surface area contributed by atoms with Crippen molar-refractivity contribution >= 4 is 5.69 Å². The predicted molar refractivity (Wildman–Crippen MR) is 83.7 cm³/mol. The van der Waals surface area contributed by atoms with Crippen molar-refractivity contribution < 1.29 is 0 Å². The summed E-state index contributed by atoms with van der Waals surface area (Å²) in [5, 5.41) is 12.5. The first kappa shape index (κ1) is 14.9. The maximum Gasteiger partial charge on any atom is 0.0640 e. The zero-order chi connectivity index (χ0) is 14.4. The molecule has 0 bridgehead atoms. The highest BCUT2D eigenvalue weighted by Crippen LogP contribution is 2.36. The highest BCUT2D eigenvalue weighted by Gasteiger charge is 2.30. The number of hydrogen-bond donors (Lipinski definition) is 1. The van der Waals surface area contributed by atoms with E-state index < -0.39 is 0 Å². The molecule has 1 aliphatic carbocycles. The standard InChI is InChI=1S/C17H25N3/c1-3-16(19-4-2)15-8-5-6-9-17(15)20(13-7-12-18)14-10-11-14/h5-6,8-9,14,16,19H,3-4,7,10-11,13H2,1-2H3. The van der Waals surface area contributed by atoms with Crippen molar-refractivity contribution in [1.29, 1.82) is 5.26 Å². The summed E-state index contributed by atoms with van der Waals surface area (Å²) >= 11 is 0. The van der Waals surface area contributed by atoms with Gasteiger partial charge in [0.2, 0.25) is 0 Å². The minimum Gasteiger partial charge on any atom is -0.367 e. The Morgan fingerprint density at radius 1 is 1.35 bits per heavy atom. The van der Waals surface area contributed by atoms with E-state index in [4.69, 9.17) is 5.26 Å². The molecule has 0 saturated heterocycles. The predicted octanol–water partition coefficient (Wildman–Crippen LogP) is 3.63. The van der Waals surface area contributed by atoms with Crippen molar-refractivity contribution in [2.75, 3.05) is 18.0 Å². The molecule has 108 valence electrons. The highest BCUT2D eigenvalue weighted by molar-refractivity contribution is 5.56. The smallest absolute Gasteiger partial charge is 0.0640 e. The number of hydrogen-bond acceptors (Lipinski definition) is 3. The lowest BCUT2D eigenvalue weighted by Crippen LogP contribution is -2.30. The second kappa shape index (κ2) is 7.31. The third-order valence-electron chi connectivity index (χ3n) is 3.93. The van der Waals surface area contributed by atoms with Crippen LogP contribution >= 0.6 is 0 Å². The van der Waals surface area contributed by atoms with Crippen molar-refractivity contribution in [3.05, 3.63) is 29.8 Å². The molecule has 2 rings (SSSR count). The fourth-order valence-corrected chi connectivity index (χ4v) is 2.82. The molecule has 0 amide bonds. The van der Waals surface area contributed by atoms with E-state index in [1.165, 1.54) is 24.1 Å². The van der Waals surface area contributed by atoms with E-state index in [0.29, 0.717) is 18.5 Å². The number of nitriles is 1. The summed E-state index contributed by atoms with van der Waals surface area (Å²) in [5.74, 6) is 0.